The van der Waals surface area contributed by atoms with Gasteiger partial charge in [-0.25, -0.2) is 0 Å². The predicted octanol–water partition coefficient (Wildman–Crippen LogP) is 3.70. The fourth-order valence-corrected chi connectivity index (χ4v) is 3.00. The zero-order chi connectivity index (χ0) is 15.2. The summed E-state index contributed by atoms with van der Waals surface area (Å²) in [5.41, 5.74) is 2.56. The first-order chi connectivity index (χ1) is 10.2. The Hall–Kier alpha value is -0.770. The summed E-state index contributed by atoms with van der Waals surface area (Å²) in [6, 6.07) is 6.79. The summed E-state index contributed by atoms with van der Waals surface area (Å²) >= 11 is 6.19. The maximum absolute atomic E-state index is 6.19. The molecule has 1 aromatic carbocycles. The fraction of sp³-hybridized carbons (Fsp3) is 0.647. The SMILES string of the molecule is CCNCc1cc(Cl)ccc1N(CCOC)C(C)C1CC1. The molecule has 3 nitrogen and oxygen atoms in total. The summed E-state index contributed by atoms with van der Waals surface area (Å²) in [6.07, 6.45) is 2.70. The number of hydrogen-bond donors (Lipinski definition) is 1. The van der Waals surface area contributed by atoms with Crippen molar-refractivity contribution >= 4 is 17.3 Å². The van der Waals surface area contributed by atoms with Gasteiger partial charge in [-0.3, -0.25) is 0 Å². The molecule has 1 fully saturated rings. The van der Waals surface area contributed by atoms with Gasteiger partial charge in [0.25, 0.3) is 0 Å². The molecular weight excluding hydrogens is 284 g/mol. The Labute approximate surface area is 133 Å². The molecule has 0 aliphatic heterocycles. The highest BCUT2D eigenvalue weighted by molar-refractivity contribution is 6.30. The monoisotopic (exact) mass is 310 g/mol. The van der Waals surface area contributed by atoms with Gasteiger partial charge < -0.3 is 15.0 Å². The number of benzene rings is 1. The van der Waals surface area contributed by atoms with Crippen LogP contribution in [-0.2, 0) is 11.3 Å². The van der Waals surface area contributed by atoms with Crippen LogP contribution in [-0.4, -0.2) is 32.8 Å². The van der Waals surface area contributed by atoms with Crippen LogP contribution in [0.5, 0.6) is 0 Å². The molecule has 1 aromatic rings. The zero-order valence-corrected chi connectivity index (χ0v) is 14.1. The average Bonchev–Trinajstić information content (AvgIpc) is 3.31. The summed E-state index contributed by atoms with van der Waals surface area (Å²) < 4.78 is 5.31. The van der Waals surface area contributed by atoms with Crippen molar-refractivity contribution < 1.29 is 4.74 Å². The summed E-state index contributed by atoms with van der Waals surface area (Å²) in [5, 5.41) is 4.21. The van der Waals surface area contributed by atoms with E-state index in [1.54, 1.807) is 7.11 Å². The van der Waals surface area contributed by atoms with Gasteiger partial charge in [0.2, 0.25) is 0 Å². The molecule has 0 spiro atoms. The molecule has 0 heterocycles. The van der Waals surface area contributed by atoms with E-state index in [2.05, 4.69) is 36.2 Å². The van der Waals surface area contributed by atoms with Crippen molar-refractivity contribution in [2.24, 2.45) is 5.92 Å². The quantitative estimate of drug-likeness (QED) is 0.752. The second-order valence-corrected chi connectivity index (χ2v) is 6.25. The number of nitrogens with one attached hydrogen (secondary N) is 1. The number of hydrogen-bond acceptors (Lipinski definition) is 3. The predicted molar refractivity (Wildman–Crippen MR) is 90.2 cm³/mol. The summed E-state index contributed by atoms with van der Waals surface area (Å²) in [7, 11) is 1.77. The van der Waals surface area contributed by atoms with Gasteiger partial charge >= 0.3 is 0 Å². The first-order valence-corrected chi connectivity index (χ1v) is 8.29. The van der Waals surface area contributed by atoms with E-state index in [9.17, 15) is 0 Å². The molecule has 1 aliphatic carbocycles. The fourth-order valence-electron chi connectivity index (χ4n) is 2.80. The van der Waals surface area contributed by atoms with Crippen molar-refractivity contribution in [3.05, 3.63) is 28.8 Å². The van der Waals surface area contributed by atoms with Crippen LogP contribution in [0, 0.1) is 5.92 Å². The van der Waals surface area contributed by atoms with E-state index in [1.165, 1.54) is 24.1 Å². The number of anilines is 1. The molecule has 0 radical (unpaired) electrons. The minimum absolute atomic E-state index is 0.557. The third kappa shape index (κ3) is 4.60. The highest BCUT2D eigenvalue weighted by atomic mass is 35.5. The zero-order valence-electron chi connectivity index (χ0n) is 13.4. The van der Waals surface area contributed by atoms with Crippen LogP contribution in [0.1, 0.15) is 32.3 Å². The minimum Gasteiger partial charge on any atom is -0.383 e. The van der Waals surface area contributed by atoms with E-state index in [0.717, 1.165) is 37.2 Å². The third-order valence-electron chi connectivity index (χ3n) is 4.25. The molecule has 4 heteroatoms. The molecule has 21 heavy (non-hydrogen) atoms. The van der Waals surface area contributed by atoms with E-state index in [0.29, 0.717) is 6.04 Å². The summed E-state index contributed by atoms with van der Waals surface area (Å²) in [5.74, 6) is 0.824. The Balaban J connectivity index is 2.23. The van der Waals surface area contributed by atoms with Gasteiger partial charge in [0.15, 0.2) is 0 Å². The molecule has 1 saturated carbocycles. The third-order valence-corrected chi connectivity index (χ3v) is 4.48. The van der Waals surface area contributed by atoms with Crippen LogP contribution in [0.15, 0.2) is 18.2 Å². The van der Waals surface area contributed by atoms with E-state index in [4.69, 9.17) is 16.3 Å². The van der Waals surface area contributed by atoms with E-state index < -0.39 is 0 Å². The number of ether oxygens (including phenoxy) is 1. The lowest BCUT2D eigenvalue weighted by molar-refractivity contribution is 0.202. The molecule has 2 rings (SSSR count). The van der Waals surface area contributed by atoms with Crippen LogP contribution in [0.2, 0.25) is 5.02 Å². The second-order valence-electron chi connectivity index (χ2n) is 5.82. The van der Waals surface area contributed by atoms with Gasteiger partial charge in [0.1, 0.15) is 0 Å². The number of methoxy groups -OCH3 is 1. The van der Waals surface area contributed by atoms with Crippen molar-refractivity contribution in [3.63, 3.8) is 0 Å². The molecule has 1 atom stereocenters. The average molecular weight is 311 g/mol. The maximum atomic E-state index is 6.19. The normalized spacial score (nSPS) is 16.0. The Morgan fingerprint density at radius 2 is 2.19 bits per heavy atom. The summed E-state index contributed by atoms with van der Waals surface area (Å²) in [6.45, 7) is 7.95. The highest BCUT2D eigenvalue weighted by Crippen LogP contribution is 2.38. The van der Waals surface area contributed by atoms with Gasteiger partial charge in [-0.15, -0.1) is 0 Å². The Bertz CT molecular complexity index is 448. The summed E-state index contributed by atoms with van der Waals surface area (Å²) in [4.78, 5) is 2.49. The van der Waals surface area contributed by atoms with E-state index >= 15 is 0 Å². The topological polar surface area (TPSA) is 24.5 Å². The molecule has 0 amide bonds. The molecule has 1 N–H and O–H groups in total. The largest absolute Gasteiger partial charge is 0.383 e. The molecule has 0 aromatic heterocycles. The van der Waals surface area contributed by atoms with E-state index in [1.807, 2.05) is 6.07 Å². The van der Waals surface area contributed by atoms with Gasteiger partial charge in [0, 0.05) is 37.0 Å². The van der Waals surface area contributed by atoms with Crippen molar-refractivity contribution in [1.29, 1.82) is 0 Å². The smallest absolute Gasteiger partial charge is 0.0637 e. The van der Waals surface area contributed by atoms with Crippen molar-refractivity contribution in [2.45, 2.75) is 39.3 Å². The number of rotatable bonds is 9. The van der Waals surface area contributed by atoms with Crippen LogP contribution in [0.25, 0.3) is 0 Å². The van der Waals surface area contributed by atoms with Crippen LogP contribution < -0.4 is 10.2 Å². The maximum Gasteiger partial charge on any atom is 0.0637 e. The van der Waals surface area contributed by atoms with Gasteiger partial charge in [-0.2, -0.15) is 0 Å². The van der Waals surface area contributed by atoms with Crippen LogP contribution in [0.4, 0.5) is 5.69 Å². The minimum atomic E-state index is 0.557. The molecule has 0 saturated heterocycles. The lowest BCUT2D eigenvalue weighted by Gasteiger charge is -2.33. The first-order valence-electron chi connectivity index (χ1n) is 7.92. The first kappa shape index (κ1) is 16.6. The van der Waals surface area contributed by atoms with Crippen LogP contribution >= 0.6 is 11.6 Å². The van der Waals surface area contributed by atoms with Crippen LogP contribution in [0.3, 0.4) is 0 Å². The van der Waals surface area contributed by atoms with E-state index in [-0.39, 0.29) is 0 Å². The molecule has 118 valence electrons. The molecule has 1 aliphatic rings. The Morgan fingerprint density at radius 1 is 1.43 bits per heavy atom. The standard InChI is InChI=1S/C17H27ClN2O/c1-4-19-12-15-11-16(18)7-8-17(15)20(9-10-21-3)13(2)14-5-6-14/h7-8,11,13-14,19H,4-6,9-10,12H2,1-3H3. The molecule has 1 unspecified atom stereocenters. The number of halogens is 1. The van der Waals surface area contributed by atoms with Gasteiger partial charge in [-0.1, -0.05) is 18.5 Å². The van der Waals surface area contributed by atoms with Crippen molar-refractivity contribution in [1.82, 2.24) is 5.32 Å². The lowest BCUT2D eigenvalue weighted by atomic mass is 10.1. The molecular formula is C17H27ClN2O. The van der Waals surface area contributed by atoms with Crippen molar-refractivity contribution in [2.75, 3.05) is 31.7 Å². The van der Waals surface area contributed by atoms with Gasteiger partial charge in [-0.05, 0) is 56.0 Å². The highest BCUT2D eigenvalue weighted by Gasteiger charge is 2.32. The lowest BCUT2D eigenvalue weighted by Crippen LogP contribution is -2.38. The Morgan fingerprint density at radius 3 is 2.81 bits per heavy atom. The number of nitrogens with zero attached hydrogens (tertiary/aromatic N) is 1. The van der Waals surface area contributed by atoms with Gasteiger partial charge in [0.05, 0.1) is 6.61 Å². The molecule has 0 bridgehead atoms. The Kier molecular flexibility index (Phi) is 6.34. The second kappa shape index (κ2) is 8.02. The van der Waals surface area contributed by atoms with Crippen molar-refractivity contribution in [3.8, 4) is 0 Å².